The maximum Gasteiger partial charge on any atom is 0.259 e. The van der Waals surface area contributed by atoms with E-state index in [-0.39, 0.29) is 5.91 Å². The van der Waals surface area contributed by atoms with E-state index in [2.05, 4.69) is 16.5 Å². The van der Waals surface area contributed by atoms with E-state index in [1.165, 1.54) is 5.56 Å². The predicted molar refractivity (Wildman–Crippen MR) is 76.6 cm³/mol. The van der Waals surface area contributed by atoms with Gasteiger partial charge >= 0.3 is 0 Å². The first kappa shape index (κ1) is 13.3. The summed E-state index contributed by atoms with van der Waals surface area (Å²) < 4.78 is 1.73. The second-order valence-electron chi connectivity index (χ2n) is 4.94. The second-order valence-corrected chi connectivity index (χ2v) is 4.94. The Labute approximate surface area is 113 Å². The van der Waals surface area contributed by atoms with Crippen molar-refractivity contribution in [3.63, 3.8) is 0 Å². The van der Waals surface area contributed by atoms with Gasteiger partial charge in [-0.25, -0.2) is 0 Å². The van der Waals surface area contributed by atoms with Gasteiger partial charge in [0.05, 0.1) is 11.3 Å². The Balaban J connectivity index is 2.31. The summed E-state index contributed by atoms with van der Waals surface area (Å²) in [7, 11) is 1.84. The van der Waals surface area contributed by atoms with Crippen molar-refractivity contribution in [2.45, 2.75) is 27.7 Å². The summed E-state index contributed by atoms with van der Waals surface area (Å²) in [5.41, 5.74) is 5.37. The number of hydrogen-bond acceptors (Lipinski definition) is 2. The van der Waals surface area contributed by atoms with Gasteiger partial charge in [-0.1, -0.05) is 17.7 Å². The summed E-state index contributed by atoms with van der Waals surface area (Å²) in [5.74, 6) is -0.102. The molecule has 0 aliphatic rings. The molecule has 1 amide bonds. The lowest BCUT2D eigenvalue weighted by atomic mass is 10.1. The number of benzene rings is 1. The van der Waals surface area contributed by atoms with Gasteiger partial charge in [0.15, 0.2) is 0 Å². The highest BCUT2D eigenvalue weighted by molar-refractivity contribution is 6.06. The Kier molecular flexibility index (Phi) is 3.42. The number of aromatic nitrogens is 2. The van der Waals surface area contributed by atoms with Gasteiger partial charge in [-0.2, -0.15) is 5.10 Å². The van der Waals surface area contributed by atoms with Gasteiger partial charge in [0, 0.05) is 18.4 Å². The SMILES string of the molecule is Cc1ccc(NC(=O)c2c(C)nn(C)c2C)c(C)c1. The number of hydrogen-bond donors (Lipinski definition) is 1. The number of nitrogens with zero attached hydrogens (tertiary/aromatic N) is 2. The molecule has 0 unspecified atom stereocenters. The predicted octanol–water partition coefficient (Wildman–Crippen LogP) is 2.91. The maximum absolute atomic E-state index is 12.3. The average Bonchev–Trinajstić information content (AvgIpc) is 2.57. The van der Waals surface area contributed by atoms with Crippen LogP contribution in [0.4, 0.5) is 5.69 Å². The third kappa shape index (κ3) is 2.52. The molecule has 19 heavy (non-hydrogen) atoms. The molecule has 2 rings (SSSR count). The van der Waals surface area contributed by atoms with Crippen LogP contribution in [0.5, 0.6) is 0 Å². The number of carbonyl (C=O) groups is 1. The molecule has 0 saturated heterocycles. The first-order valence-corrected chi connectivity index (χ1v) is 6.29. The molecule has 0 aliphatic carbocycles. The molecule has 0 aliphatic heterocycles. The first-order valence-electron chi connectivity index (χ1n) is 6.29. The summed E-state index contributed by atoms with van der Waals surface area (Å²) >= 11 is 0. The summed E-state index contributed by atoms with van der Waals surface area (Å²) in [6, 6.07) is 5.98. The van der Waals surface area contributed by atoms with Crippen molar-refractivity contribution in [1.29, 1.82) is 0 Å². The zero-order valence-electron chi connectivity index (χ0n) is 12.0. The van der Waals surface area contributed by atoms with Crippen molar-refractivity contribution in [1.82, 2.24) is 9.78 Å². The molecule has 1 aromatic carbocycles. The van der Waals surface area contributed by atoms with E-state index in [0.29, 0.717) is 5.56 Å². The zero-order chi connectivity index (χ0) is 14.2. The topological polar surface area (TPSA) is 46.9 Å². The molecular formula is C15H19N3O. The Bertz CT molecular complexity index is 641. The van der Waals surface area contributed by atoms with Crippen LogP contribution in [-0.4, -0.2) is 15.7 Å². The van der Waals surface area contributed by atoms with Gasteiger partial charge in [0.2, 0.25) is 0 Å². The number of amides is 1. The van der Waals surface area contributed by atoms with Gasteiger partial charge in [-0.3, -0.25) is 9.48 Å². The Hall–Kier alpha value is -2.10. The molecule has 4 nitrogen and oxygen atoms in total. The van der Waals surface area contributed by atoms with E-state index in [1.807, 2.05) is 46.9 Å². The molecule has 100 valence electrons. The van der Waals surface area contributed by atoms with Gasteiger partial charge in [0.25, 0.3) is 5.91 Å². The lowest BCUT2D eigenvalue weighted by molar-refractivity contribution is 0.102. The van der Waals surface area contributed by atoms with E-state index in [0.717, 1.165) is 22.6 Å². The molecule has 1 N–H and O–H groups in total. The second kappa shape index (κ2) is 4.88. The minimum Gasteiger partial charge on any atom is -0.322 e. The standard InChI is InChI=1S/C15H19N3O/c1-9-6-7-13(10(2)8-9)16-15(19)14-11(3)17-18(5)12(14)4/h6-8H,1-5H3,(H,16,19). The molecule has 1 heterocycles. The van der Waals surface area contributed by atoms with Gasteiger partial charge < -0.3 is 5.32 Å². The Morgan fingerprint density at radius 2 is 1.89 bits per heavy atom. The first-order chi connectivity index (χ1) is 8.90. The highest BCUT2D eigenvalue weighted by Gasteiger charge is 2.17. The average molecular weight is 257 g/mol. The molecule has 0 saturated carbocycles. The van der Waals surface area contributed by atoms with Crippen molar-refractivity contribution in [2.75, 3.05) is 5.32 Å². The van der Waals surface area contributed by atoms with Crippen molar-refractivity contribution in [3.05, 3.63) is 46.3 Å². The molecular weight excluding hydrogens is 238 g/mol. The van der Waals surface area contributed by atoms with E-state index in [4.69, 9.17) is 0 Å². The van der Waals surface area contributed by atoms with Crippen LogP contribution in [0.3, 0.4) is 0 Å². The Morgan fingerprint density at radius 3 is 2.42 bits per heavy atom. The van der Waals surface area contributed by atoms with Crippen molar-refractivity contribution in [3.8, 4) is 0 Å². The highest BCUT2D eigenvalue weighted by Crippen LogP contribution is 2.19. The van der Waals surface area contributed by atoms with E-state index in [1.54, 1.807) is 4.68 Å². The third-order valence-corrected chi connectivity index (χ3v) is 3.37. The number of nitrogens with one attached hydrogen (secondary N) is 1. The fourth-order valence-corrected chi connectivity index (χ4v) is 2.24. The largest absolute Gasteiger partial charge is 0.322 e. The molecule has 0 radical (unpaired) electrons. The molecule has 0 atom stereocenters. The monoisotopic (exact) mass is 257 g/mol. The zero-order valence-corrected chi connectivity index (χ0v) is 12.0. The molecule has 2 aromatic rings. The number of anilines is 1. The fourth-order valence-electron chi connectivity index (χ4n) is 2.24. The fraction of sp³-hybridized carbons (Fsp3) is 0.333. The summed E-state index contributed by atoms with van der Waals surface area (Å²) in [4.78, 5) is 12.3. The number of rotatable bonds is 2. The van der Waals surface area contributed by atoms with Crippen LogP contribution >= 0.6 is 0 Å². The van der Waals surface area contributed by atoms with Gasteiger partial charge in [-0.05, 0) is 39.3 Å². The van der Waals surface area contributed by atoms with Crippen LogP contribution in [-0.2, 0) is 7.05 Å². The molecule has 4 heteroatoms. The van der Waals surface area contributed by atoms with Gasteiger partial charge in [-0.15, -0.1) is 0 Å². The van der Waals surface area contributed by atoms with Gasteiger partial charge in [0.1, 0.15) is 0 Å². The van der Waals surface area contributed by atoms with Crippen LogP contribution in [0.1, 0.15) is 32.9 Å². The number of carbonyl (C=O) groups excluding carboxylic acids is 1. The maximum atomic E-state index is 12.3. The Morgan fingerprint density at radius 1 is 1.21 bits per heavy atom. The van der Waals surface area contributed by atoms with Crippen LogP contribution < -0.4 is 5.32 Å². The number of aryl methyl sites for hydroxylation is 4. The van der Waals surface area contributed by atoms with Crippen LogP contribution in [0.2, 0.25) is 0 Å². The van der Waals surface area contributed by atoms with E-state index < -0.39 is 0 Å². The van der Waals surface area contributed by atoms with E-state index >= 15 is 0 Å². The quantitative estimate of drug-likeness (QED) is 0.899. The molecule has 0 spiro atoms. The van der Waals surface area contributed by atoms with E-state index in [9.17, 15) is 4.79 Å². The highest BCUT2D eigenvalue weighted by atomic mass is 16.1. The minimum absolute atomic E-state index is 0.102. The third-order valence-electron chi connectivity index (χ3n) is 3.37. The van der Waals surface area contributed by atoms with Crippen molar-refractivity contribution in [2.24, 2.45) is 7.05 Å². The van der Waals surface area contributed by atoms with Crippen molar-refractivity contribution >= 4 is 11.6 Å². The molecule has 1 aromatic heterocycles. The molecule has 0 fully saturated rings. The normalized spacial score (nSPS) is 10.6. The van der Waals surface area contributed by atoms with Crippen molar-refractivity contribution < 1.29 is 4.79 Å². The lowest BCUT2D eigenvalue weighted by Crippen LogP contribution is -2.14. The van der Waals surface area contributed by atoms with Crippen LogP contribution in [0.15, 0.2) is 18.2 Å². The summed E-state index contributed by atoms with van der Waals surface area (Å²) in [5, 5.41) is 7.22. The summed E-state index contributed by atoms with van der Waals surface area (Å²) in [6.45, 7) is 7.78. The van der Waals surface area contributed by atoms with Crippen LogP contribution in [0.25, 0.3) is 0 Å². The van der Waals surface area contributed by atoms with Crippen LogP contribution in [0, 0.1) is 27.7 Å². The molecule has 0 bridgehead atoms. The lowest BCUT2D eigenvalue weighted by Gasteiger charge is -2.09. The smallest absolute Gasteiger partial charge is 0.259 e. The minimum atomic E-state index is -0.102. The summed E-state index contributed by atoms with van der Waals surface area (Å²) in [6.07, 6.45) is 0.